The molecule has 0 aromatic carbocycles. The van der Waals surface area contributed by atoms with Crippen LogP contribution >= 0.6 is 0 Å². The Bertz CT molecular complexity index is 287. The number of nitriles is 1. The Labute approximate surface area is 91.0 Å². The predicted molar refractivity (Wildman–Crippen MR) is 57.7 cm³/mol. The maximum Gasteiger partial charge on any atom is 0.240 e. The number of rotatable bonds is 1. The second-order valence-electron chi connectivity index (χ2n) is 5.24. The standard InChI is InChI=1S/C11H19N3O/c1-11(2,3)9(13)10(15)14-5-4-8(6-12)7-14/h8-9H,4-5,7,13H2,1-3H3/t8-,9+/m1/s1. The Morgan fingerprint density at radius 2 is 2.20 bits per heavy atom. The van der Waals surface area contributed by atoms with E-state index in [1.807, 2.05) is 20.8 Å². The third-order valence-electron chi connectivity index (χ3n) is 2.88. The van der Waals surface area contributed by atoms with E-state index in [1.54, 1.807) is 4.90 Å². The van der Waals surface area contributed by atoms with E-state index in [0.29, 0.717) is 13.1 Å². The molecule has 0 unspecified atom stereocenters. The lowest BCUT2D eigenvalue weighted by Crippen LogP contribution is -2.49. The van der Waals surface area contributed by atoms with Crippen LogP contribution < -0.4 is 5.73 Å². The van der Waals surface area contributed by atoms with Crippen LogP contribution in [0.15, 0.2) is 0 Å². The number of likely N-dealkylation sites (tertiary alicyclic amines) is 1. The highest BCUT2D eigenvalue weighted by Gasteiger charge is 2.34. The van der Waals surface area contributed by atoms with Crippen molar-refractivity contribution in [3.8, 4) is 6.07 Å². The summed E-state index contributed by atoms with van der Waals surface area (Å²) < 4.78 is 0. The van der Waals surface area contributed by atoms with Crippen molar-refractivity contribution in [2.24, 2.45) is 17.1 Å². The maximum absolute atomic E-state index is 11.9. The molecule has 1 aliphatic heterocycles. The minimum absolute atomic E-state index is 0.0129. The van der Waals surface area contributed by atoms with Crippen LogP contribution in [-0.2, 0) is 4.79 Å². The summed E-state index contributed by atoms with van der Waals surface area (Å²) in [5.74, 6) is -0.0404. The summed E-state index contributed by atoms with van der Waals surface area (Å²) in [6, 6.07) is 1.71. The van der Waals surface area contributed by atoms with Crippen molar-refractivity contribution >= 4 is 5.91 Å². The smallest absolute Gasteiger partial charge is 0.240 e. The van der Waals surface area contributed by atoms with Crippen molar-refractivity contribution in [2.45, 2.75) is 33.2 Å². The summed E-state index contributed by atoms with van der Waals surface area (Å²) in [5.41, 5.74) is 5.67. The van der Waals surface area contributed by atoms with Crippen LogP contribution in [0.25, 0.3) is 0 Å². The number of carbonyl (C=O) groups excluding carboxylic acids is 1. The highest BCUT2D eigenvalue weighted by Crippen LogP contribution is 2.22. The van der Waals surface area contributed by atoms with Crippen molar-refractivity contribution in [2.75, 3.05) is 13.1 Å². The highest BCUT2D eigenvalue weighted by atomic mass is 16.2. The van der Waals surface area contributed by atoms with Gasteiger partial charge >= 0.3 is 0 Å². The normalized spacial score (nSPS) is 23.7. The molecule has 0 saturated carbocycles. The monoisotopic (exact) mass is 209 g/mol. The molecule has 1 rings (SSSR count). The number of nitrogens with zero attached hydrogens (tertiary/aromatic N) is 2. The zero-order valence-electron chi connectivity index (χ0n) is 9.66. The van der Waals surface area contributed by atoms with Gasteiger partial charge in [-0.3, -0.25) is 4.79 Å². The first-order chi connectivity index (χ1) is 6.86. The molecule has 0 radical (unpaired) electrons. The van der Waals surface area contributed by atoms with E-state index in [-0.39, 0.29) is 17.2 Å². The van der Waals surface area contributed by atoms with Gasteiger partial charge in [-0.15, -0.1) is 0 Å². The molecule has 1 aliphatic rings. The van der Waals surface area contributed by atoms with Crippen molar-refractivity contribution in [1.82, 2.24) is 4.90 Å². The summed E-state index contributed by atoms with van der Waals surface area (Å²) in [6.07, 6.45) is 0.777. The summed E-state index contributed by atoms with van der Waals surface area (Å²) in [4.78, 5) is 13.7. The third kappa shape index (κ3) is 2.69. The van der Waals surface area contributed by atoms with E-state index in [2.05, 4.69) is 6.07 Å². The van der Waals surface area contributed by atoms with Crippen LogP contribution in [0.5, 0.6) is 0 Å². The molecule has 0 aliphatic carbocycles. The van der Waals surface area contributed by atoms with Crippen LogP contribution in [0.4, 0.5) is 0 Å². The number of amides is 1. The average molecular weight is 209 g/mol. The molecule has 0 aromatic rings. The minimum atomic E-state index is -0.477. The van der Waals surface area contributed by atoms with E-state index >= 15 is 0 Å². The Hall–Kier alpha value is -1.08. The van der Waals surface area contributed by atoms with Crippen LogP contribution in [0.1, 0.15) is 27.2 Å². The molecule has 1 fully saturated rings. The quantitative estimate of drug-likeness (QED) is 0.692. The lowest BCUT2D eigenvalue weighted by molar-refractivity contribution is -0.133. The molecule has 2 atom stereocenters. The topological polar surface area (TPSA) is 70.1 Å². The molecule has 15 heavy (non-hydrogen) atoms. The molecule has 2 N–H and O–H groups in total. The van der Waals surface area contributed by atoms with Crippen molar-refractivity contribution in [3.05, 3.63) is 0 Å². The third-order valence-corrected chi connectivity index (χ3v) is 2.88. The molecular formula is C11H19N3O. The highest BCUT2D eigenvalue weighted by molar-refractivity contribution is 5.82. The van der Waals surface area contributed by atoms with Gasteiger partial charge in [0.25, 0.3) is 0 Å². The molecule has 1 amide bonds. The van der Waals surface area contributed by atoms with Crippen molar-refractivity contribution in [3.63, 3.8) is 0 Å². The van der Waals surface area contributed by atoms with Gasteiger partial charge in [-0.1, -0.05) is 20.8 Å². The Kier molecular flexibility index (Phi) is 3.35. The van der Waals surface area contributed by atoms with Gasteiger partial charge in [-0.05, 0) is 11.8 Å². The largest absolute Gasteiger partial charge is 0.340 e. The maximum atomic E-state index is 11.9. The Morgan fingerprint density at radius 1 is 1.60 bits per heavy atom. The second kappa shape index (κ2) is 4.19. The number of nitrogens with two attached hydrogens (primary N) is 1. The van der Waals surface area contributed by atoms with Gasteiger partial charge in [0.05, 0.1) is 18.0 Å². The second-order valence-corrected chi connectivity index (χ2v) is 5.24. The Balaban J connectivity index is 2.60. The fourth-order valence-electron chi connectivity index (χ4n) is 1.63. The number of carbonyl (C=O) groups is 1. The predicted octanol–water partition coefficient (Wildman–Crippen LogP) is 0.732. The van der Waals surface area contributed by atoms with Crippen LogP contribution in [0.2, 0.25) is 0 Å². The molecule has 1 heterocycles. The van der Waals surface area contributed by atoms with Crippen LogP contribution in [-0.4, -0.2) is 29.9 Å². The van der Waals surface area contributed by atoms with E-state index in [9.17, 15) is 4.79 Å². The van der Waals surface area contributed by atoms with Gasteiger partial charge in [0.1, 0.15) is 0 Å². The van der Waals surface area contributed by atoms with Gasteiger partial charge in [-0.25, -0.2) is 0 Å². The molecular weight excluding hydrogens is 190 g/mol. The molecule has 0 bridgehead atoms. The molecule has 4 heteroatoms. The fraction of sp³-hybridized carbons (Fsp3) is 0.818. The SMILES string of the molecule is CC(C)(C)[C@@H](N)C(=O)N1CC[C@H](C#N)C1. The number of hydrogen-bond acceptors (Lipinski definition) is 3. The van der Waals surface area contributed by atoms with Crippen LogP contribution in [0, 0.1) is 22.7 Å². The molecule has 0 aromatic heterocycles. The fourth-order valence-corrected chi connectivity index (χ4v) is 1.63. The minimum Gasteiger partial charge on any atom is -0.340 e. The van der Waals surface area contributed by atoms with Crippen molar-refractivity contribution in [1.29, 1.82) is 5.26 Å². The first kappa shape index (κ1) is 12.0. The van der Waals surface area contributed by atoms with Gasteiger partial charge in [0.2, 0.25) is 5.91 Å². The molecule has 4 nitrogen and oxygen atoms in total. The lowest BCUT2D eigenvalue weighted by Gasteiger charge is -2.29. The van der Waals surface area contributed by atoms with Gasteiger partial charge in [-0.2, -0.15) is 5.26 Å². The van der Waals surface area contributed by atoms with Crippen LogP contribution in [0.3, 0.4) is 0 Å². The zero-order valence-corrected chi connectivity index (χ0v) is 9.66. The van der Waals surface area contributed by atoms with Gasteiger partial charge in [0, 0.05) is 13.1 Å². The first-order valence-corrected chi connectivity index (χ1v) is 5.30. The van der Waals surface area contributed by atoms with Gasteiger partial charge in [0.15, 0.2) is 0 Å². The summed E-state index contributed by atoms with van der Waals surface area (Å²) >= 11 is 0. The molecule has 1 saturated heterocycles. The summed E-state index contributed by atoms with van der Waals surface area (Å²) in [5, 5.41) is 8.74. The van der Waals surface area contributed by atoms with E-state index in [4.69, 9.17) is 11.0 Å². The van der Waals surface area contributed by atoms with E-state index < -0.39 is 6.04 Å². The zero-order chi connectivity index (χ0) is 11.6. The average Bonchev–Trinajstić information content (AvgIpc) is 2.62. The molecule has 0 spiro atoms. The molecule has 84 valence electrons. The summed E-state index contributed by atoms with van der Waals surface area (Å²) in [6.45, 7) is 7.06. The lowest BCUT2D eigenvalue weighted by atomic mass is 9.86. The Morgan fingerprint density at radius 3 is 2.60 bits per heavy atom. The number of hydrogen-bond donors (Lipinski definition) is 1. The van der Waals surface area contributed by atoms with E-state index in [0.717, 1.165) is 6.42 Å². The van der Waals surface area contributed by atoms with E-state index in [1.165, 1.54) is 0 Å². The summed E-state index contributed by atoms with van der Waals surface area (Å²) in [7, 11) is 0. The first-order valence-electron chi connectivity index (χ1n) is 5.30. The van der Waals surface area contributed by atoms with Gasteiger partial charge < -0.3 is 10.6 Å². The van der Waals surface area contributed by atoms with Crippen molar-refractivity contribution < 1.29 is 4.79 Å².